The lowest BCUT2D eigenvalue weighted by molar-refractivity contribution is -0.125. The van der Waals surface area contributed by atoms with E-state index in [0.29, 0.717) is 5.69 Å². The molecule has 1 aromatic rings. The smallest absolute Gasteiger partial charge is 0.222 e. The largest absolute Gasteiger partial charge is 0.399 e. The Kier molecular flexibility index (Phi) is 3.69. The minimum Gasteiger partial charge on any atom is -0.399 e. The summed E-state index contributed by atoms with van der Waals surface area (Å²) in [5.41, 5.74) is 6.86. The van der Waals surface area contributed by atoms with Crippen molar-refractivity contribution in [1.29, 1.82) is 0 Å². The molecule has 1 aliphatic heterocycles. The Labute approximate surface area is 106 Å². The quantitative estimate of drug-likeness (QED) is 0.780. The van der Waals surface area contributed by atoms with Crippen LogP contribution < -0.4 is 16.0 Å². The van der Waals surface area contributed by atoms with E-state index in [4.69, 9.17) is 5.73 Å². The fourth-order valence-electron chi connectivity index (χ4n) is 2.38. The number of nitrogens with one attached hydrogen (secondary N) is 1. The highest BCUT2D eigenvalue weighted by atomic mass is 19.1. The fraction of sp³-hybridized carbons (Fsp3) is 0.462. The van der Waals surface area contributed by atoms with Crippen molar-refractivity contribution in [2.45, 2.75) is 12.8 Å². The van der Waals surface area contributed by atoms with Gasteiger partial charge in [0.05, 0.1) is 0 Å². The predicted octanol–water partition coefficient (Wildman–Crippen LogP) is 1.37. The van der Waals surface area contributed by atoms with E-state index in [-0.39, 0.29) is 17.6 Å². The van der Waals surface area contributed by atoms with Crippen LogP contribution in [0.4, 0.5) is 15.8 Å². The minimum absolute atomic E-state index is 0.0668. The molecule has 5 heteroatoms. The number of nitrogens with zero attached hydrogens (tertiary/aromatic N) is 1. The third-order valence-corrected chi connectivity index (χ3v) is 3.38. The van der Waals surface area contributed by atoms with Crippen LogP contribution in [0.2, 0.25) is 0 Å². The van der Waals surface area contributed by atoms with Gasteiger partial charge in [0.15, 0.2) is 0 Å². The van der Waals surface area contributed by atoms with Crippen molar-refractivity contribution in [3.63, 3.8) is 0 Å². The highest BCUT2D eigenvalue weighted by molar-refractivity contribution is 5.78. The number of piperidine rings is 1. The number of nitrogens with two attached hydrogens (primary N) is 1. The summed E-state index contributed by atoms with van der Waals surface area (Å²) in [6, 6.07) is 4.56. The Hall–Kier alpha value is -1.78. The normalized spacial score (nSPS) is 16.7. The Bertz CT molecular complexity index is 422. The van der Waals surface area contributed by atoms with Crippen LogP contribution in [0.5, 0.6) is 0 Å². The summed E-state index contributed by atoms with van der Waals surface area (Å²) < 4.78 is 13.3. The van der Waals surface area contributed by atoms with Gasteiger partial charge < -0.3 is 16.0 Å². The number of halogens is 1. The molecular weight excluding hydrogens is 233 g/mol. The van der Waals surface area contributed by atoms with Gasteiger partial charge in [-0.1, -0.05) is 0 Å². The number of benzene rings is 1. The van der Waals surface area contributed by atoms with Crippen LogP contribution in [0.3, 0.4) is 0 Å². The second-order valence-electron chi connectivity index (χ2n) is 4.62. The predicted molar refractivity (Wildman–Crippen MR) is 69.8 cm³/mol. The Morgan fingerprint density at radius 3 is 2.61 bits per heavy atom. The van der Waals surface area contributed by atoms with E-state index < -0.39 is 0 Å². The average molecular weight is 251 g/mol. The molecule has 0 saturated carbocycles. The molecule has 4 nitrogen and oxygen atoms in total. The first-order chi connectivity index (χ1) is 8.60. The number of anilines is 2. The SMILES string of the molecule is CNC(=O)C1CCN(c2cc(N)cc(F)c2)CC1. The lowest BCUT2D eigenvalue weighted by Crippen LogP contribution is -2.39. The molecule has 3 N–H and O–H groups in total. The zero-order chi connectivity index (χ0) is 13.1. The highest BCUT2D eigenvalue weighted by Crippen LogP contribution is 2.25. The number of carbonyl (C=O) groups excluding carboxylic acids is 1. The molecule has 1 fully saturated rings. The molecule has 98 valence electrons. The number of carbonyl (C=O) groups is 1. The number of rotatable bonds is 2. The van der Waals surface area contributed by atoms with Gasteiger partial charge in [0, 0.05) is 37.4 Å². The van der Waals surface area contributed by atoms with Crippen LogP contribution in [0.1, 0.15) is 12.8 Å². The zero-order valence-electron chi connectivity index (χ0n) is 10.4. The molecule has 18 heavy (non-hydrogen) atoms. The van der Waals surface area contributed by atoms with Crippen LogP contribution in [-0.2, 0) is 4.79 Å². The third-order valence-electron chi connectivity index (χ3n) is 3.38. The fourth-order valence-corrected chi connectivity index (χ4v) is 2.38. The van der Waals surface area contributed by atoms with Crippen LogP contribution in [0, 0.1) is 11.7 Å². The van der Waals surface area contributed by atoms with Crippen LogP contribution in [-0.4, -0.2) is 26.0 Å². The molecule has 0 atom stereocenters. The molecular formula is C13H18FN3O. The molecule has 0 bridgehead atoms. The first-order valence-electron chi connectivity index (χ1n) is 6.13. The number of hydrogen-bond acceptors (Lipinski definition) is 3. The zero-order valence-corrected chi connectivity index (χ0v) is 10.4. The summed E-state index contributed by atoms with van der Waals surface area (Å²) in [5.74, 6) is -0.163. The lowest BCUT2D eigenvalue weighted by atomic mass is 9.95. The van der Waals surface area contributed by atoms with Crippen LogP contribution in [0.15, 0.2) is 18.2 Å². The molecule has 0 aromatic heterocycles. The topological polar surface area (TPSA) is 58.4 Å². The van der Waals surface area contributed by atoms with Crippen molar-refractivity contribution in [3.8, 4) is 0 Å². The molecule has 1 amide bonds. The molecule has 1 aliphatic rings. The van der Waals surface area contributed by atoms with E-state index in [1.807, 2.05) is 0 Å². The van der Waals surface area contributed by atoms with Crippen LogP contribution >= 0.6 is 0 Å². The number of nitrogen functional groups attached to an aromatic ring is 1. The summed E-state index contributed by atoms with van der Waals surface area (Å²) in [4.78, 5) is 13.6. The van der Waals surface area contributed by atoms with Gasteiger partial charge in [-0.3, -0.25) is 4.79 Å². The van der Waals surface area contributed by atoms with E-state index in [2.05, 4.69) is 10.2 Å². The Balaban J connectivity index is 2.03. The van der Waals surface area contributed by atoms with Crippen molar-refractivity contribution in [3.05, 3.63) is 24.0 Å². The molecule has 0 radical (unpaired) electrons. The van der Waals surface area contributed by atoms with E-state index in [1.54, 1.807) is 13.1 Å². The summed E-state index contributed by atoms with van der Waals surface area (Å²) in [7, 11) is 1.65. The molecule has 0 aliphatic carbocycles. The monoisotopic (exact) mass is 251 g/mol. The Morgan fingerprint density at radius 1 is 1.39 bits per heavy atom. The van der Waals surface area contributed by atoms with Gasteiger partial charge >= 0.3 is 0 Å². The Morgan fingerprint density at radius 2 is 2.06 bits per heavy atom. The van der Waals surface area contributed by atoms with Gasteiger partial charge in [-0.25, -0.2) is 4.39 Å². The van der Waals surface area contributed by atoms with Gasteiger partial charge in [0.1, 0.15) is 5.82 Å². The molecule has 0 spiro atoms. The summed E-state index contributed by atoms with van der Waals surface area (Å²) >= 11 is 0. The van der Waals surface area contributed by atoms with Crippen molar-refractivity contribution < 1.29 is 9.18 Å². The first-order valence-corrected chi connectivity index (χ1v) is 6.13. The standard InChI is InChI=1S/C13H18FN3O/c1-16-13(18)9-2-4-17(5-3-9)12-7-10(14)6-11(15)8-12/h6-9H,2-5,15H2,1H3,(H,16,18). The van der Waals surface area contributed by atoms with Gasteiger partial charge in [0.25, 0.3) is 0 Å². The van der Waals surface area contributed by atoms with Crippen LogP contribution in [0.25, 0.3) is 0 Å². The average Bonchev–Trinajstić information content (AvgIpc) is 2.37. The molecule has 0 unspecified atom stereocenters. The van der Waals surface area contributed by atoms with Gasteiger partial charge in [0.2, 0.25) is 5.91 Å². The van der Waals surface area contributed by atoms with Crippen molar-refractivity contribution in [2.24, 2.45) is 5.92 Å². The van der Waals surface area contributed by atoms with Gasteiger partial charge in [-0.2, -0.15) is 0 Å². The van der Waals surface area contributed by atoms with E-state index in [9.17, 15) is 9.18 Å². The van der Waals surface area contributed by atoms with Gasteiger partial charge in [-0.05, 0) is 31.0 Å². The van der Waals surface area contributed by atoms with Crippen molar-refractivity contribution in [2.75, 3.05) is 30.8 Å². The number of amides is 1. The second-order valence-corrected chi connectivity index (χ2v) is 4.62. The van der Waals surface area contributed by atoms with Gasteiger partial charge in [-0.15, -0.1) is 0 Å². The lowest BCUT2D eigenvalue weighted by Gasteiger charge is -2.33. The summed E-state index contributed by atoms with van der Waals surface area (Å²) in [5, 5.41) is 2.67. The van der Waals surface area contributed by atoms with Crippen molar-refractivity contribution >= 4 is 17.3 Å². The first kappa shape index (κ1) is 12.7. The maximum absolute atomic E-state index is 13.3. The second kappa shape index (κ2) is 5.25. The maximum Gasteiger partial charge on any atom is 0.222 e. The number of hydrogen-bond donors (Lipinski definition) is 2. The molecule has 1 heterocycles. The summed E-state index contributed by atoms with van der Waals surface area (Å²) in [6.45, 7) is 1.50. The van der Waals surface area contributed by atoms with E-state index >= 15 is 0 Å². The van der Waals surface area contributed by atoms with E-state index in [0.717, 1.165) is 31.6 Å². The summed E-state index contributed by atoms with van der Waals surface area (Å²) in [6.07, 6.45) is 1.58. The van der Waals surface area contributed by atoms with Crippen molar-refractivity contribution in [1.82, 2.24) is 5.32 Å². The molecule has 1 saturated heterocycles. The maximum atomic E-state index is 13.3. The third kappa shape index (κ3) is 2.72. The van der Waals surface area contributed by atoms with E-state index in [1.165, 1.54) is 12.1 Å². The molecule has 2 rings (SSSR count). The highest BCUT2D eigenvalue weighted by Gasteiger charge is 2.24. The minimum atomic E-state index is -0.321. The molecule has 1 aromatic carbocycles.